The van der Waals surface area contributed by atoms with Gasteiger partial charge in [0.05, 0.1) is 0 Å². The summed E-state index contributed by atoms with van der Waals surface area (Å²) in [6, 6.07) is 10.8. The SMILES string of the molecule is CCNC(Cc1ccc(Br)cn1)c1cc(Br)ccc1C. The number of hydrogen-bond acceptors (Lipinski definition) is 2. The van der Waals surface area contributed by atoms with Crippen molar-refractivity contribution in [2.45, 2.75) is 26.3 Å². The normalized spacial score (nSPS) is 12.4. The molecular formula is C16H18Br2N2. The molecule has 0 amide bonds. The van der Waals surface area contributed by atoms with Crippen LogP contribution in [-0.4, -0.2) is 11.5 Å². The van der Waals surface area contributed by atoms with Gasteiger partial charge in [-0.1, -0.05) is 28.9 Å². The van der Waals surface area contributed by atoms with E-state index < -0.39 is 0 Å². The Labute approximate surface area is 137 Å². The second-order valence-electron chi connectivity index (χ2n) is 4.78. The van der Waals surface area contributed by atoms with Crippen molar-refractivity contribution in [2.75, 3.05) is 6.54 Å². The summed E-state index contributed by atoms with van der Waals surface area (Å²) in [5.74, 6) is 0. The van der Waals surface area contributed by atoms with Gasteiger partial charge in [0.2, 0.25) is 0 Å². The molecule has 0 spiro atoms. The van der Waals surface area contributed by atoms with Gasteiger partial charge < -0.3 is 5.32 Å². The second kappa shape index (κ2) is 7.34. The molecule has 1 heterocycles. The molecule has 1 atom stereocenters. The second-order valence-corrected chi connectivity index (χ2v) is 6.61. The van der Waals surface area contributed by atoms with Crippen molar-refractivity contribution in [3.8, 4) is 0 Å². The van der Waals surface area contributed by atoms with E-state index in [-0.39, 0.29) is 6.04 Å². The van der Waals surface area contributed by atoms with E-state index >= 15 is 0 Å². The standard InChI is InChI=1S/C16H18Br2N2/c1-3-19-16(9-14-7-6-13(18)10-20-14)15-8-12(17)5-4-11(15)2/h4-8,10,16,19H,3,9H2,1-2H3. The predicted molar refractivity (Wildman–Crippen MR) is 90.9 cm³/mol. The minimum atomic E-state index is 0.283. The first-order chi connectivity index (χ1) is 9.60. The average molecular weight is 398 g/mol. The first-order valence-electron chi connectivity index (χ1n) is 6.70. The van der Waals surface area contributed by atoms with Crippen LogP contribution in [0.4, 0.5) is 0 Å². The summed E-state index contributed by atoms with van der Waals surface area (Å²) >= 11 is 6.99. The summed E-state index contributed by atoms with van der Waals surface area (Å²) in [5, 5.41) is 3.56. The predicted octanol–water partition coefficient (Wildman–Crippen LogP) is 4.81. The number of hydrogen-bond donors (Lipinski definition) is 1. The Kier molecular flexibility index (Phi) is 5.75. The highest BCUT2D eigenvalue weighted by molar-refractivity contribution is 9.10. The van der Waals surface area contributed by atoms with Crippen molar-refractivity contribution in [1.29, 1.82) is 0 Å². The Bertz CT molecular complexity index is 567. The van der Waals surface area contributed by atoms with Crippen LogP contribution in [0.1, 0.15) is 29.8 Å². The van der Waals surface area contributed by atoms with Crippen molar-refractivity contribution < 1.29 is 0 Å². The van der Waals surface area contributed by atoms with Crippen LogP contribution >= 0.6 is 31.9 Å². The summed E-state index contributed by atoms with van der Waals surface area (Å²) < 4.78 is 2.13. The molecule has 1 unspecified atom stereocenters. The Hall–Kier alpha value is -0.710. The summed E-state index contributed by atoms with van der Waals surface area (Å²) in [6.45, 7) is 5.23. The van der Waals surface area contributed by atoms with Crippen LogP contribution < -0.4 is 5.32 Å². The molecule has 1 aromatic heterocycles. The molecule has 0 aliphatic carbocycles. The molecule has 1 aromatic carbocycles. The van der Waals surface area contributed by atoms with E-state index in [4.69, 9.17) is 0 Å². The fraction of sp³-hybridized carbons (Fsp3) is 0.312. The molecule has 0 aliphatic heterocycles. The van der Waals surface area contributed by atoms with Gasteiger partial charge in [-0.3, -0.25) is 4.98 Å². The fourth-order valence-corrected chi connectivity index (χ4v) is 2.87. The topological polar surface area (TPSA) is 24.9 Å². The molecule has 0 bridgehead atoms. The maximum Gasteiger partial charge on any atom is 0.0423 e. The Balaban J connectivity index is 2.26. The lowest BCUT2D eigenvalue weighted by Crippen LogP contribution is -2.24. The van der Waals surface area contributed by atoms with Crippen molar-refractivity contribution in [2.24, 2.45) is 0 Å². The van der Waals surface area contributed by atoms with Gasteiger partial charge in [0.25, 0.3) is 0 Å². The van der Waals surface area contributed by atoms with Crippen molar-refractivity contribution in [3.05, 3.63) is 62.3 Å². The third kappa shape index (κ3) is 4.14. The van der Waals surface area contributed by atoms with Crippen LogP contribution in [0, 0.1) is 6.92 Å². The minimum absolute atomic E-state index is 0.283. The number of nitrogens with one attached hydrogen (secondary N) is 1. The van der Waals surface area contributed by atoms with E-state index in [1.54, 1.807) is 0 Å². The van der Waals surface area contributed by atoms with E-state index in [9.17, 15) is 0 Å². The highest BCUT2D eigenvalue weighted by atomic mass is 79.9. The first-order valence-corrected chi connectivity index (χ1v) is 8.28. The molecule has 2 aromatic rings. The zero-order valence-electron chi connectivity index (χ0n) is 11.7. The van der Waals surface area contributed by atoms with Gasteiger partial charge in [-0.15, -0.1) is 0 Å². The van der Waals surface area contributed by atoms with Crippen LogP contribution in [0.15, 0.2) is 45.5 Å². The molecule has 2 nitrogen and oxygen atoms in total. The molecule has 0 aliphatic rings. The van der Waals surface area contributed by atoms with Crippen molar-refractivity contribution in [3.63, 3.8) is 0 Å². The van der Waals surface area contributed by atoms with Crippen molar-refractivity contribution in [1.82, 2.24) is 10.3 Å². The maximum absolute atomic E-state index is 4.48. The number of pyridine rings is 1. The molecule has 20 heavy (non-hydrogen) atoms. The van der Waals surface area contributed by atoms with E-state index in [0.29, 0.717) is 0 Å². The quantitative estimate of drug-likeness (QED) is 0.782. The van der Waals surface area contributed by atoms with Gasteiger partial charge in [0.1, 0.15) is 0 Å². The fourth-order valence-electron chi connectivity index (χ4n) is 2.26. The number of likely N-dealkylation sites (N-methyl/N-ethyl adjacent to an activating group) is 1. The number of benzene rings is 1. The van der Waals surface area contributed by atoms with Gasteiger partial charge in [0, 0.05) is 33.3 Å². The molecule has 4 heteroatoms. The Morgan fingerprint density at radius 1 is 1.15 bits per heavy atom. The lowest BCUT2D eigenvalue weighted by molar-refractivity contribution is 0.541. The van der Waals surface area contributed by atoms with Gasteiger partial charge in [-0.05, 0) is 64.8 Å². The molecule has 2 rings (SSSR count). The van der Waals surface area contributed by atoms with Gasteiger partial charge in [-0.2, -0.15) is 0 Å². The highest BCUT2D eigenvalue weighted by Gasteiger charge is 2.14. The summed E-state index contributed by atoms with van der Waals surface area (Å²) in [5.41, 5.74) is 3.72. The van der Waals surface area contributed by atoms with E-state index in [2.05, 4.69) is 80.3 Å². The van der Waals surface area contributed by atoms with Crippen LogP contribution in [0.3, 0.4) is 0 Å². The van der Waals surface area contributed by atoms with Gasteiger partial charge >= 0.3 is 0 Å². The molecule has 0 saturated carbocycles. The van der Waals surface area contributed by atoms with Crippen LogP contribution in [0.2, 0.25) is 0 Å². The number of nitrogens with zero attached hydrogens (tertiary/aromatic N) is 1. The largest absolute Gasteiger partial charge is 0.310 e. The van der Waals surface area contributed by atoms with E-state index in [0.717, 1.165) is 27.6 Å². The zero-order valence-corrected chi connectivity index (χ0v) is 14.8. The minimum Gasteiger partial charge on any atom is -0.310 e. The highest BCUT2D eigenvalue weighted by Crippen LogP contribution is 2.25. The summed E-state index contributed by atoms with van der Waals surface area (Å²) in [6.07, 6.45) is 2.74. The lowest BCUT2D eigenvalue weighted by Gasteiger charge is -2.20. The average Bonchev–Trinajstić information content (AvgIpc) is 2.43. The third-order valence-electron chi connectivity index (χ3n) is 3.27. The number of rotatable bonds is 5. The lowest BCUT2D eigenvalue weighted by atomic mass is 9.97. The molecular weight excluding hydrogens is 380 g/mol. The first kappa shape index (κ1) is 15.7. The van der Waals surface area contributed by atoms with Crippen LogP contribution in [0.5, 0.6) is 0 Å². The smallest absolute Gasteiger partial charge is 0.0423 e. The number of aromatic nitrogens is 1. The Morgan fingerprint density at radius 3 is 2.55 bits per heavy atom. The molecule has 0 radical (unpaired) electrons. The third-order valence-corrected chi connectivity index (χ3v) is 4.23. The van der Waals surface area contributed by atoms with Crippen LogP contribution in [0.25, 0.3) is 0 Å². The number of halogens is 2. The maximum atomic E-state index is 4.48. The summed E-state index contributed by atoms with van der Waals surface area (Å²) in [4.78, 5) is 4.48. The Morgan fingerprint density at radius 2 is 1.90 bits per heavy atom. The molecule has 0 fully saturated rings. The molecule has 106 valence electrons. The van der Waals surface area contributed by atoms with Gasteiger partial charge in [-0.25, -0.2) is 0 Å². The van der Waals surface area contributed by atoms with Gasteiger partial charge in [0.15, 0.2) is 0 Å². The van der Waals surface area contributed by atoms with Crippen molar-refractivity contribution >= 4 is 31.9 Å². The van der Waals surface area contributed by atoms with E-state index in [1.807, 2.05) is 12.3 Å². The molecule has 0 saturated heterocycles. The number of aryl methyl sites for hydroxylation is 1. The zero-order chi connectivity index (χ0) is 14.5. The van der Waals surface area contributed by atoms with E-state index in [1.165, 1.54) is 11.1 Å². The summed E-state index contributed by atoms with van der Waals surface area (Å²) in [7, 11) is 0. The monoisotopic (exact) mass is 396 g/mol. The van der Waals surface area contributed by atoms with Crippen LogP contribution in [-0.2, 0) is 6.42 Å². The molecule has 1 N–H and O–H groups in total.